The van der Waals surface area contributed by atoms with Gasteiger partial charge >= 0.3 is 0 Å². The predicted molar refractivity (Wildman–Crippen MR) is 117 cm³/mol. The first-order chi connectivity index (χ1) is 13.6. The van der Waals surface area contributed by atoms with E-state index in [1.165, 1.54) is 11.1 Å². The van der Waals surface area contributed by atoms with Gasteiger partial charge in [0, 0.05) is 23.9 Å². The third-order valence-corrected chi connectivity index (χ3v) is 6.88. The van der Waals surface area contributed by atoms with E-state index in [1.807, 2.05) is 26.8 Å². The van der Waals surface area contributed by atoms with Crippen molar-refractivity contribution in [1.82, 2.24) is 0 Å². The summed E-state index contributed by atoms with van der Waals surface area (Å²) in [4.78, 5) is 13.1. The van der Waals surface area contributed by atoms with Gasteiger partial charge in [-0.15, -0.1) is 0 Å². The number of Topliss-reactive ketones (excluding diaryl/α,β-unsaturated/α-hetero) is 1. The monoisotopic (exact) mass is 427 g/mol. The Hall–Kier alpha value is -1.65. The summed E-state index contributed by atoms with van der Waals surface area (Å²) in [6, 6.07) is 0. The SMILES string of the molecule is [13CH3][13C]1=[13CH][13CH2][13C@@H]2[13C]([13C@H]([13CH3])[13CH2]O)=[13C](O)[13C](=O)[13C@@]2([13CH3])[13CH2]/[13CH]=[13C](\[13CH3])[13CH2][13CH2]/[13CH]=[13C](\[13CH3])[13CH2][13CH2][13C@@H]1O. The van der Waals surface area contributed by atoms with E-state index in [0.717, 1.165) is 24.8 Å². The molecular formula is C25H38O4. The fourth-order valence-electron chi connectivity index (χ4n) is 4.53. The van der Waals surface area contributed by atoms with Gasteiger partial charge in [-0.1, -0.05) is 43.2 Å². The molecule has 0 bridgehead atoms. The second-order valence-electron chi connectivity index (χ2n) is 9.27. The molecule has 3 N–H and O–H groups in total. The lowest BCUT2D eigenvalue weighted by molar-refractivity contribution is -0.126. The molecular weight excluding hydrogens is 389 g/mol. The number of fused-ring (bicyclic) bond motifs is 1. The predicted octanol–water partition coefficient (Wildman–Crippen LogP) is 5.19. The van der Waals surface area contributed by atoms with E-state index >= 15 is 0 Å². The maximum Gasteiger partial charge on any atom is 0.203 e. The average molecular weight is 427 g/mol. The molecule has 0 amide bonds. The second-order valence-corrected chi connectivity index (χ2v) is 9.27. The molecule has 4 atom stereocenters. The van der Waals surface area contributed by atoms with Gasteiger partial charge in [-0.2, -0.15) is 0 Å². The maximum absolute atomic E-state index is 13.1. The number of rotatable bonds is 2. The lowest BCUT2D eigenvalue weighted by Gasteiger charge is -2.32. The molecule has 4 nitrogen and oxygen atoms in total. The Labute approximate surface area is 175 Å². The van der Waals surface area contributed by atoms with Crippen molar-refractivity contribution in [1.29, 1.82) is 0 Å². The number of aliphatic hydroxyl groups excluding tert-OH is 3. The molecule has 2 rings (SSSR count). The van der Waals surface area contributed by atoms with Gasteiger partial charge in [-0.05, 0) is 70.4 Å². The standard InChI is InChI=1S/C25H38O4/c1-16-7-6-8-17(2)13-14-25(5)20(11-10-18(3)21(27)12-9-16)22(19(4)15-26)23(28)24(25)29/h7,10,13,19-21,26-28H,6,8-9,11-12,14-15H2,1-5H3/b16-7+,17-13+,18-10?/t19-,20-,21+,25+/m1/s1/i1+1,2+1,3+1,4+1,5+1,6+1,7+1,8+1,9+1,10+1,11+1,12+1,13+1,14+1,15+1,16+1,17+1,18+1,19+1,20+1,21+1,22+1,23+1,24+1,25+1. The Morgan fingerprint density at radius 1 is 1.14 bits per heavy atom. The zero-order valence-corrected chi connectivity index (χ0v) is 18.7. The highest BCUT2D eigenvalue weighted by atomic mass is 16.4. The molecule has 0 aromatic carbocycles. The van der Waals surface area contributed by atoms with Crippen LogP contribution in [0.5, 0.6) is 0 Å². The average Bonchev–Trinajstić information content (AvgIpc) is 2.88. The zero-order valence-electron chi connectivity index (χ0n) is 18.7. The summed E-state index contributed by atoms with van der Waals surface area (Å²) in [6.45, 7) is 9.81. The maximum atomic E-state index is 13.1. The van der Waals surface area contributed by atoms with E-state index in [1.54, 1.807) is 0 Å². The minimum absolute atomic E-state index is 0.107. The first-order valence-electron chi connectivity index (χ1n) is 10.9. The van der Waals surface area contributed by atoms with Crippen LogP contribution in [-0.2, 0) is 4.79 Å². The van der Waals surface area contributed by atoms with Gasteiger partial charge in [-0.25, -0.2) is 0 Å². The van der Waals surface area contributed by atoms with E-state index in [0.29, 0.717) is 24.8 Å². The Morgan fingerprint density at radius 2 is 1.79 bits per heavy atom. The van der Waals surface area contributed by atoms with Crippen molar-refractivity contribution in [3.05, 3.63) is 46.3 Å². The van der Waals surface area contributed by atoms with Crippen LogP contribution in [0.3, 0.4) is 0 Å². The van der Waals surface area contributed by atoms with Crippen molar-refractivity contribution < 1.29 is 20.1 Å². The molecule has 0 radical (unpaired) electrons. The Balaban J connectivity index is 2.46. The number of aliphatic hydroxyl groups is 3. The molecule has 2 aliphatic carbocycles. The van der Waals surface area contributed by atoms with Gasteiger partial charge in [-0.3, -0.25) is 4.79 Å². The van der Waals surface area contributed by atoms with Crippen molar-refractivity contribution in [2.24, 2.45) is 17.3 Å². The minimum Gasteiger partial charge on any atom is -0.504 e. The summed E-state index contributed by atoms with van der Waals surface area (Å²) in [5.41, 5.74) is 3.36. The first kappa shape index (κ1) is 23.6. The van der Waals surface area contributed by atoms with Gasteiger partial charge < -0.3 is 15.3 Å². The smallest absolute Gasteiger partial charge is 0.203 e. The van der Waals surface area contributed by atoms with Gasteiger partial charge in [0.25, 0.3) is 0 Å². The van der Waals surface area contributed by atoms with Gasteiger partial charge in [0.15, 0.2) is 5.76 Å². The van der Waals surface area contributed by atoms with Crippen LogP contribution < -0.4 is 0 Å². The Kier molecular flexibility index (Phi) is 8.07. The normalized spacial score (nSPS) is 34.9. The van der Waals surface area contributed by atoms with Crippen molar-refractivity contribution in [2.45, 2.75) is 79.2 Å². The fraction of sp³-hybridized carbons (Fsp3) is 0.640. The van der Waals surface area contributed by atoms with Gasteiger partial charge in [0.1, 0.15) is 0 Å². The molecule has 0 aromatic heterocycles. The van der Waals surface area contributed by atoms with Crippen molar-refractivity contribution in [3.8, 4) is 0 Å². The molecule has 29 heavy (non-hydrogen) atoms. The number of carbonyl (C=O) groups excluding carboxylic acids is 1. The molecule has 2 aliphatic rings. The summed E-state index contributed by atoms with van der Waals surface area (Å²) in [5, 5.41) is 30.9. The number of hydrogen-bond acceptors (Lipinski definition) is 4. The molecule has 0 aromatic rings. The van der Waals surface area contributed by atoms with E-state index in [-0.39, 0.29) is 30.0 Å². The molecule has 0 saturated heterocycles. The molecule has 0 saturated carbocycles. The highest BCUT2D eigenvalue weighted by Crippen LogP contribution is 2.50. The second kappa shape index (κ2) is 9.90. The van der Waals surface area contributed by atoms with Crippen LogP contribution in [0.4, 0.5) is 0 Å². The van der Waals surface area contributed by atoms with E-state index < -0.39 is 11.5 Å². The third-order valence-electron chi connectivity index (χ3n) is 6.88. The lowest BCUT2D eigenvalue weighted by atomic mass is 10.7. The van der Waals surface area contributed by atoms with Crippen LogP contribution in [0.1, 0.15) is 73.1 Å². The van der Waals surface area contributed by atoms with Crippen LogP contribution in [-0.4, -0.2) is 33.8 Å². The van der Waals surface area contributed by atoms with Gasteiger partial charge in [0.2, 0.25) is 5.78 Å². The molecule has 162 valence electrons. The largest absolute Gasteiger partial charge is 0.504 e. The highest BCUT2D eigenvalue weighted by molar-refractivity contribution is 6.02. The quantitative estimate of drug-likeness (QED) is 0.419. The topological polar surface area (TPSA) is 77.8 Å². The highest BCUT2D eigenvalue weighted by Gasteiger charge is 2.51. The number of carbonyl (C=O) groups is 1. The van der Waals surface area contributed by atoms with Crippen LogP contribution in [0, 0.1) is 17.3 Å². The fourth-order valence-corrected chi connectivity index (χ4v) is 4.53. The van der Waals surface area contributed by atoms with Crippen molar-refractivity contribution in [3.63, 3.8) is 0 Å². The Morgan fingerprint density at radius 3 is 2.45 bits per heavy atom. The molecule has 0 spiro atoms. The van der Waals surface area contributed by atoms with Gasteiger partial charge in [0.05, 0.1) is 6.10 Å². The van der Waals surface area contributed by atoms with Crippen molar-refractivity contribution in [2.75, 3.05) is 6.61 Å². The molecule has 0 unspecified atom stereocenters. The summed E-state index contributed by atoms with van der Waals surface area (Å²) in [7, 11) is 0. The Bertz CT molecular complexity index is 740. The lowest BCUT2D eigenvalue weighted by Crippen LogP contribution is -2.32. The summed E-state index contributed by atoms with van der Waals surface area (Å²) in [6.07, 6.45) is 10.4. The molecule has 0 fully saturated rings. The summed E-state index contributed by atoms with van der Waals surface area (Å²) < 4.78 is 0. The van der Waals surface area contributed by atoms with E-state index in [4.69, 9.17) is 0 Å². The van der Waals surface area contributed by atoms with Crippen LogP contribution in [0.15, 0.2) is 46.3 Å². The van der Waals surface area contributed by atoms with Crippen LogP contribution in [0.25, 0.3) is 0 Å². The van der Waals surface area contributed by atoms with Crippen LogP contribution in [0.2, 0.25) is 0 Å². The third kappa shape index (κ3) is 5.29. The number of ketones is 1. The summed E-state index contributed by atoms with van der Waals surface area (Å²) >= 11 is 0. The zero-order chi connectivity index (χ0) is 21.8. The molecule has 0 heterocycles. The first-order valence-corrected chi connectivity index (χ1v) is 10.9. The van der Waals surface area contributed by atoms with E-state index in [2.05, 4.69) is 26.0 Å². The summed E-state index contributed by atoms with van der Waals surface area (Å²) in [5.74, 6) is -0.860. The minimum atomic E-state index is -0.738. The van der Waals surface area contributed by atoms with Crippen LogP contribution >= 0.6 is 0 Å². The van der Waals surface area contributed by atoms with E-state index in [9.17, 15) is 20.1 Å². The van der Waals surface area contributed by atoms with Crippen molar-refractivity contribution >= 4 is 5.78 Å². The molecule has 0 aliphatic heterocycles. The number of allylic oxidation sites excluding steroid dienone is 6. The number of hydrogen-bond donors (Lipinski definition) is 3. The molecule has 4 heteroatoms.